The van der Waals surface area contributed by atoms with E-state index in [-0.39, 0.29) is 5.91 Å². The lowest BCUT2D eigenvalue weighted by Crippen LogP contribution is -2.46. The Labute approximate surface area is 230 Å². The van der Waals surface area contributed by atoms with Gasteiger partial charge in [-0.05, 0) is 74.6 Å². The van der Waals surface area contributed by atoms with Gasteiger partial charge in [-0.15, -0.1) is 0 Å². The molecule has 3 atom stereocenters. The molecule has 1 saturated carbocycles. The summed E-state index contributed by atoms with van der Waals surface area (Å²) in [5.74, 6) is 1.54. The molecule has 0 unspecified atom stereocenters. The molecule has 6 rings (SSSR count). The van der Waals surface area contributed by atoms with Crippen molar-refractivity contribution in [3.63, 3.8) is 0 Å². The summed E-state index contributed by atoms with van der Waals surface area (Å²) in [6.07, 6.45) is 11.2. The number of amides is 1. The van der Waals surface area contributed by atoms with Crippen molar-refractivity contribution in [2.45, 2.75) is 76.2 Å². The number of rotatable bonds is 11. The fourth-order valence-electron chi connectivity index (χ4n) is 6.48. The highest BCUT2D eigenvalue weighted by atomic mass is 35.5. The molecule has 38 heavy (non-hydrogen) atoms. The Kier molecular flexibility index (Phi) is 7.64. The van der Waals surface area contributed by atoms with Crippen LogP contribution in [0.2, 0.25) is 5.02 Å². The van der Waals surface area contributed by atoms with Crippen LogP contribution >= 0.6 is 11.6 Å². The second kappa shape index (κ2) is 11.3. The molecule has 2 bridgehead atoms. The number of aryl methyl sites for hydroxylation is 1. The first-order valence-corrected chi connectivity index (χ1v) is 14.5. The molecule has 3 aromatic rings. The first kappa shape index (κ1) is 25.7. The highest BCUT2D eigenvalue weighted by Gasteiger charge is 2.41. The summed E-state index contributed by atoms with van der Waals surface area (Å²) in [5.41, 5.74) is 2.64. The number of hydrogen-bond acceptors (Lipinski definition) is 4. The van der Waals surface area contributed by atoms with Gasteiger partial charge in [0.05, 0.1) is 24.3 Å². The lowest BCUT2D eigenvalue weighted by atomic mass is 9.99. The quantitative estimate of drug-likeness (QED) is 0.325. The summed E-state index contributed by atoms with van der Waals surface area (Å²) in [4.78, 5) is 16.0. The van der Waals surface area contributed by atoms with E-state index in [0.29, 0.717) is 35.3 Å². The zero-order chi connectivity index (χ0) is 26.1. The number of methoxy groups -OCH3 is 1. The standard InChI is InChI=1S/C31H38ClN3O3/c1-37-29-8-3-7-27-28(31(36)33-18-22-5-2-6-23(32)15-22)19-34(30(27)29)13-4-14-35-24-11-12-25(35)17-26(16-24)38-20-21-9-10-21/h2-3,5-8,15,19,21,24-26H,4,9-14,16-18,20H2,1H3,(H,33,36)/t24-,25+,26+. The van der Waals surface area contributed by atoms with Crippen LogP contribution in [0.1, 0.15) is 60.9 Å². The Morgan fingerprint density at radius 1 is 1.05 bits per heavy atom. The highest BCUT2D eigenvalue weighted by Crippen LogP contribution is 2.38. The molecule has 202 valence electrons. The number of nitrogens with zero attached hydrogens (tertiary/aromatic N) is 2. The highest BCUT2D eigenvalue weighted by molar-refractivity contribution is 6.30. The SMILES string of the molecule is COc1cccc2c(C(=O)NCc3cccc(Cl)c3)cn(CCCN3[C@@H]4CC[C@H]3C[C@@H](OCC3CC3)C4)c12. The van der Waals surface area contributed by atoms with Crippen LogP contribution in [0.25, 0.3) is 10.9 Å². The molecule has 3 fully saturated rings. The maximum absolute atomic E-state index is 13.3. The molecule has 2 aliphatic heterocycles. The predicted octanol–water partition coefficient (Wildman–Crippen LogP) is 6.05. The number of carbonyl (C=O) groups excluding carboxylic acids is 1. The van der Waals surface area contributed by atoms with Gasteiger partial charge in [-0.25, -0.2) is 0 Å². The van der Waals surface area contributed by atoms with Crippen molar-refractivity contribution in [1.82, 2.24) is 14.8 Å². The third kappa shape index (κ3) is 5.58. The van der Waals surface area contributed by atoms with Crippen LogP contribution in [0.5, 0.6) is 5.75 Å². The second-order valence-corrected chi connectivity index (χ2v) is 11.7. The topological polar surface area (TPSA) is 55.7 Å². The molecule has 1 amide bonds. The van der Waals surface area contributed by atoms with Crippen LogP contribution in [0.15, 0.2) is 48.7 Å². The number of ether oxygens (including phenoxy) is 2. The van der Waals surface area contributed by atoms with Crippen molar-refractivity contribution in [2.75, 3.05) is 20.3 Å². The van der Waals surface area contributed by atoms with Gasteiger partial charge in [0.2, 0.25) is 0 Å². The smallest absolute Gasteiger partial charge is 0.253 e. The monoisotopic (exact) mass is 535 g/mol. The third-order valence-corrected chi connectivity index (χ3v) is 8.82. The molecular formula is C31H38ClN3O3. The van der Waals surface area contributed by atoms with Crippen LogP contribution in [-0.2, 0) is 17.8 Å². The van der Waals surface area contributed by atoms with Gasteiger partial charge in [-0.1, -0.05) is 35.9 Å². The number of halogens is 1. The van der Waals surface area contributed by atoms with Crippen molar-refractivity contribution in [3.8, 4) is 5.75 Å². The Bertz CT molecular complexity index is 1270. The van der Waals surface area contributed by atoms with Gasteiger partial charge in [0.25, 0.3) is 5.91 Å². The molecule has 2 saturated heterocycles. The third-order valence-electron chi connectivity index (χ3n) is 8.59. The summed E-state index contributed by atoms with van der Waals surface area (Å²) < 4.78 is 14.2. The molecule has 6 nitrogen and oxygen atoms in total. The van der Waals surface area contributed by atoms with E-state index in [9.17, 15) is 4.79 Å². The van der Waals surface area contributed by atoms with Crippen LogP contribution in [0, 0.1) is 5.92 Å². The number of para-hydroxylation sites is 1. The minimum absolute atomic E-state index is 0.0895. The maximum atomic E-state index is 13.3. The zero-order valence-corrected chi connectivity index (χ0v) is 23.0. The van der Waals surface area contributed by atoms with E-state index in [4.69, 9.17) is 21.1 Å². The minimum Gasteiger partial charge on any atom is -0.495 e. The Morgan fingerprint density at radius 2 is 1.84 bits per heavy atom. The lowest BCUT2D eigenvalue weighted by Gasteiger charge is -2.39. The fourth-order valence-corrected chi connectivity index (χ4v) is 6.69. The molecule has 1 N–H and O–H groups in total. The van der Waals surface area contributed by atoms with Crippen molar-refractivity contribution in [3.05, 3.63) is 64.8 Å². The summed E-state index contributed by atoms with van der Waals surface area (Å²) in [5, 5.41) is 4.65. The number of hydrogen-bond donors (Lipinski definition) is 1. The zero-order valence-electron chi connectivity index (χ0n) is 22.2. The van der Waals surface area contributed by atoms with Crippen molar-refractivity contribution in [2.24, 2.45) is 5.92 Å². The van der Waals surface area contributed by atoms with Gasteiger partial charge < -0.3 is 19.4 Å². The first-order chi connectivity index (χ1) is 18.6. The van der Waals surface area contributed by atoms with Gasteiger partial charge in [-0.3, -0.25) is 9.69 Å². The molecular weight excluding hydrogens is 498 g/mol. The van der Waals surface area contributed by atoms with E-state index in [2.05, 4.69) is 14.8 Å². The average molecular weight is 536 g/mol. The molecule has 0 radical (unpaired) electrons. The summed E-state index contributed by atoms with van der Waals surface area (Å²) >= 11 is 6.11. The molecule has 7 heteroatoms. The Hall–Kier alpha value is -2.54. The van der Waals surface area contributed by atoms with E-state index >= 15 is 0 Å². The summed E-state index contributed by atoms with van der Waals surface area (Å²) in [7, 11) is 1.69. The molecule has 2 aromatic carbocycles. The van der Waals surface area contributed by atoms with E-state index < -0.39 is 0 Å². The van der Waals surface area contributed by atoms with E-state index in [1.807, 2.05) is 48.7 Å². The Morgan fingerprint density at radius 3 is 2.58 bits per heavy atom. The molecule has 1 aromatic heterocycles. The lowest BCUT2D eigenvalue weighted by molar-refractivity contribution is -0.0241. The van der Waals surface area contributed by atoms with Gasteiger partial charge >= 0.3 is 0 Å². The van der Waals surface area contributed by atoms with E-state index in [0.717, 1.165) is 54.3 Å². The summed E-state index contributed by atoms with van der Waals surface area (Å²) in [6.45, 7) is 3.33. The largest absolute Gasteiger partial charge is 0.495 e. The number of fused-ring (bicyclic) bond motifs is 3. The number of aromatic nitrogens is 1. The van der Waals surface area contributed by atoms with Crippen LogP contribution in [0.3, 0.4) is 0 Å². The van der Waals surface area contributed by atoms with Gasteiger partial charge in [0.1, 0.15) is 5.75 Å². The van der Waals surface area contributed by atoms with Gasteiger partial charge in [-0.2, -0.15) is 0 Å². The van der Waals surface area contributed by atoms with E-state index in [1.165, 1.54) is 38.5 Å². The maximum Gasteiger partial charge on any atom is 0.253 e. The average Bonchev–Trinajstić information content (AvgIpc) is 3.64. The number of nitrogens with one attached hydrogen (secondary N) is 1. The van der Waals surface area contributed by atoms with Crippen molar-refractivity contribution < 1.29 is 14.3 Å². The van der Waals surface area contributed by atoms with Crippen LogP contribution < -0.4 is 10.1 Å². The number of carbonyl (C=O) groups is 1. The van der Waals surface area contributed by atoms with Crippen LogP contribution in [-0.4, -0.2) is 53.8 Å². The Balaban J connectivity index is 1.11. The second-order valence-electron chi connectivity index (χ2n) is 11.3. The predicted molar refractivity (Wildman–Crippen MR) is 151 cm³/mol. The summed E-state index contributed by atoms with van der Waals surface area (Å²) in [6, 6.07) is 14.8. The molecule has 1 aliphatic carbocycles. The van der Waals surface area contributed by atoms with Gasteiger partial charge in [0, 0.05) is 54.9 Å². The number of piperidine rings is 1. The van der Waals surface area contributed by atoms with Crippen molar-refractivity contribution in [1.29, 1.82) is 0 Å². The van der Waals surface area contributed by atoms with Gasteiger partial charge in [0.15, 0.2) is 0 Å². The molecule has 3 heterocycles. The van der Waals surface area contributed by atoms with Crippen molar-refractivity contribution >= 4 is 28.4 Å². The fraction of sp³-hybridized carbons (Fsp3) is 0.516. The molecule has 0 spiro atoms. The molecule has 3 aliphatic rings. The minimum atomic E-state index is -0.0895. The number of benzene rings is 2. The van der Waals surface area contributed by atoms with Crippen LogP contribution in [0.4, 0.5) is 0 Å². The van der Waals surface area contributed by atoms with E-state index in [1.54, 1.807) is 7.11 Å². The first-order valence-electron chi connectivity index (χ1n) is 14.1. The normalized spacial score (nSPS) is 23.2.